The number of aryl methyl sites for hydroxylation is 4. The van der Waals surface area contributed by atoms with Gasteiger partial charge in [0.05, 0.1) is 40.0 Å². The SMILES string of the molecule is [C-]#[N+]c1ccccc1-c1ccc(-c2cc(-c3nc(-c4ccccc4)nc(-c4ccccc4)n3)ccc2-n2c3ccc(-c4ccccc4C)cc3c3cc(-c4ccccc4C)ccc32)c(-n2c3ccc(-c4ccccc4C)cc3c3cc(-c4ccccc4C)ccc32)c1. The Hall–Kier alpha value is -12.0. The largest absolute Gasteiger partial charge is 0.309 e. The molecule has 3 aromatic heterocycles. The summed E-state index contributed by atoms with van der Waals surface area (Å²) in [5, 5.41) is 4.55. The molecule has 0 amide bonds. The Bertz CT molecular complexity index is 5380. The number of aromatic nitrogens is 5. The van der Waals surface area contributed by atoms with Crippen molar-refractivity contribution in [1.82, 2.24) is 24.1 Å². The molecule has 3 heterocycles. The molecule has 6 heteroatoms. The first-order valence-electron chi connectivity index (χ1n) is 31.3. The number of nitrogens with zero attached hydrogens (tertiary/aromatic N) is 6. The summed E-state index contributed by atoms with van der Waals surface area (Å²) in [5.74, 6) is 1.72. The van der Waals surface area contributed by atoms with Crippen molar-refractivity contribution in [1.29, 1.82) is 0 Å². The van der Waals surface area contributed by atoms with Crippen LogP contribution in [0.4, 0.5) is 5.69 Å². The van der Waals surface area contributed by atoms with E-state index in [0.29, 0.717) is 23.2 Å². The highest BCUT2D eigenvalue weighted by Gasteiger charge is 2.25. The molecule has 0 saturated carbocycles. The minimum atomic E-state index is 0.548. The van der Waals surface area contributed by atoms with Crippen LogP contribution < -0.4 is 0 Å². The number of para-hydroxylation sites is 1. The van der Waals surface area contributed by atoms with Crippen LogP contribution in [0, 0.1) is 34.3 Å². The fraction of sp³-hybridized carbons (Fsp3) is 0.0465. The van der Waals surface area contributed by atoms with Crippen molar-refractivity contribution >= 4 is 49.3 Å². The zero-order valence-corrected chi connectivity index (χ0v) is 51.4. The van der Waals surface area contributed by atoms with Gasteiger partial charge in [-0.1, -0.05) is 218 Å². The Morgan fingerprint density at radius 1 is 0.250 bits per heavy atom. The van der Waals surface area contributed by atoms with Crippen molar-refractivity contribution in [2.45, 2.75) is 27.7 Å². The van der Waals surface area contributed by atoms with Gasteiger partial charge >= 0.3 is 0 Å². The Labute approximate surface area is 535 Å². The molecule has 6 nitrogen and oxygen atoms in total. The summed E-state index contributed by atoms with van der Waals surface area (Å²) in [6, 6.07) is 104. The molecule has 16 rings (SSSR count). The van der Waals surface area contributed by atoms with E-state index in [1.165, 1.54) is 44.5 Å². The maximum Gasteiger partial charge on any atom is 0.194 e. The number of fused-ring (bicyclic) bond motifs is 6. The Kier molecular flexibility index (Phi) is 13.7. The monoisotopic (exact) mass is 1180 g/mol. The maximum absolute atomic E-state index is 8.46. The highest BCUT2D eigenvalue weighted by Crippen LogP contribution is 2.47. The zero-order valence-electron chi connectivity index (χ0n) is 51.4. The van der Waals surface area contributed by atoms with Crippen LogP contribution in [0.25, 0.3) is 161 Å². The van der Waals surface area contributed by atoms with E-state index in [1.807, 2.05) is 54.6 Å². The quantitative estimate of drug-likeness (QED) is 0.121. The highest BCUT2D eigenvalue weighted by atomic mass is 15.0. The first kappa shape index (κ1) is 55.3. The van der Waals surface area contributed by atoms with E-state index in [2.05, 4.69) is 278 Å². The van der Waals surface area contributed by atoms with Gasteiger partial charge in [-0.15, -0.1) is 0 Å². The second-order valence-corrected chi connectivity index (χ2v) is 24.0. The smallest absolute Gasteiger partial charge is 0.194 e. The molecule has 0 atom stereocenters. The molecule has 13 aromatic carbocycles. The Morgan fingerprint density at radius 2 is 0.576 bits per heavy atom. The van der Waals surface area contributed by atoms with Gasteiger partial charge in [-0.2, -0.15) is 0 Å². The van der Waals surface area contributed by atoms with Crippen LogP contribution in [-0.2, 0) is 0 Å². The molecule has 0 aliphatic carbocycles. The Balaban J connectivity index is 1.03. The molecule has 0 fully saturated rings. The van der Waals surface area contributed by atoms with Crippen LogP contribution in [0.3, 0.4) is 0 Å². The standard InChI is InChI=1S/C86H60N6/c1-54-22-12-16-30-66(54)60-37-43-79-73(48-60)74-49-61(67-31-17-13-23-55(67)2)38-44-80(74)91(79)78-47-41-65(86-89-84(58-26-8-6-9-27-58)88-85(90-86)59-28-10-7-11-29-59)52-72(78)71-42-36-64(70-34-20-21-35-77(70)87-5)53-83(71)92-81-45-39-62(68-32-18-14-24-56(68)3)50-75(81)76-51-63(40-46-82(76)92)69-33-19-15-25-57(69)4/h6-53H,1-4H3. The van der Waals surface area contributed by atoms with E-state index in [1.54, 1.807) is 0 Å². The zero-order chi connectivity index (χ0) is 62.0. The lowest BCUT2D eigenvalue weighted by Gasteiger charge is -2.21. The summed E-state index contributed by atoms with van der Waals surface area (Å²) in [7, 11) is 0. The summed E-state index contributed by atoms with van der Waals surface area (Å²) in [4.78, 5) is 20.0. The van der Waals surface area contributed by atoms with Crippen LogP contribution in [0.2, 0.25) is 0 Å². The number of hydrogen-bond donors (Lipinski definition) is 0. The molecule has 0 aliphatic heterocycles. The number of hydrogen-bond acceptors (Lipinski definition) is 3. The molecule has 0 bridgehead atoms. The third kappa shape index (κ3) is 9.63. The lowest BCUT2D eigenvalue weighted by Crippen LogP contribution is -2.04. The van der Waals surface area contributed by atoms with Gasteiger partial charge in [-0.25, -0.2) is 19.8 Å². The molecule has 92 heavy (non-hydrogen) atoms. The number of rotatable bonds is 11. The first-order chi connectivity index (χ1) is 45.2. The van der Waals surface area contributed by atoms with Gasteiger partial charge in [-0.3, -0.25) is 0 Å². The molecule has 434 valence electrons. The maximum atomic E-state index is 8.46. The van der Waals surface area contributed by atoms with E-state index >= 15 is 0 Å². The van der Waals surface area contributed by atoms with Gasteiger partial charge in [-0.05, 0) is 178 Å². The van der Waals surface area contributed by atoms with Crippen molar-refractivity contribution in [2.75, 3.05) is 0 Å². The molecule has 0 N–H and O–H groups in total. The van der Waals surface area contributed by atoms with Gasteiger partial charge in [0, 0.05) is 49.4 Å². The lowest BCUT2D eigenvalue weighted by atomic mass is 9.94. The molecule has 0 saturated heterocycles. The molecule has 0 unspecified atom stereocenters. The van der Waals surface area contributed by atoms with Gasteiger partial charge in [0.15, 0.2) is 23.2 Å². The van der Waals surface area contributed by atoms with Crippen molar-refractivity contribution in [3.05, 3.63) is 325 Å². The van der Waals surface area contributed by atoms with Crippen molar-refractivity contribution in [3.63, 3.8) is 0 Å². The van der Waals surface area contributed by atoms with E-state index in [-0.39, 0.29) is 0 Å². The second kappa shape index (κ2) is 22.8. The summed E-state index contributed by atoms with van der Waals surface area (Å²) in [6.07, 6.45) is 0. The fourth-order valence-corrected chi connectivity index (χ4v) is 13.8. The minimum Gasteiger partial charge on any atom is -0.309 e. The molecule has 0 spiro atoms. The van der Waals surface area contributed by atoms with Crippen LogP contribution in [-0.4, -0.2) is 24.1 Å². The van der Waals surface area contributed by atoms with Crippen molar-refractivity contribution in [3.8, 4) is 112 Å². The number of benzene rings is 13. The molecule has 0 aliphatic rings. The predicted molar refractivity (Wildman–Crippen MR) is 383 cm³/mol. The lowest BCUT2D eigenvalue weighted by molar-refractivity contribution is 1.07. The third-order valence-electron chi connectivity index (χ3n) is 18.4. The van der Waals surface area contributed by atoms with Gasteiger partial charge in [0.1, 0.15) is 0 Å². The summed E-state index contributed by atoms with van der Waals surface area (Å²) >= 11 is 0. The first-order valence-corrected chi connectivity index (χ1v) is 31.3. The molecule has 0 radical (unpaired) electrons. The topological polar surface area (TPSA) is 52.9 Å². The second-order valence-electron chi connectivity index (χ2n) is 24.0. The van der Waals surface area contributed by atoms with Crippen molar-refractivity contribution in [2.24, 2.45) is 0 Å². The van der Waals surface area contributed by atoms with Gasteiger partial charge in [0.25, 0.3) is 0 Å². The predicted octanol–water partition coefficient (Wildman–Crippen LogP) is 22.9. The molecular weight excluding hydrogens is 1120 g/mol. The van der Waals surface area contributed by atoms with Crippen LogP contribution in [0.5, 0.6) is 0 Å². The normalized spacial score (nSPS) is 11.5. The van der Waals surface area contributed by atoms with Crippen molar-refractivity contribution < 1.29 is 0 Å². The van der Waals surface area contributed by atoms with E-state index in [4.69, 9.17) is 21.5 Å². The van der Waals surface area contributed by atoms with Gasteiger partial charge < -0.3 is 9.13 Å². The van der Waals surface area contributed by atoms with Crippen LogP contribution >= 0.6 is 0 Å². The summed E-state index contributed by atoms with van der Waals surface area (Å²) in [6.45, 7) is 17.2. The summed E-state index contributed by atoms with van der Waals surface area (Å²) < 4.78 is 4.93. The average molecular weight is 1180 g/mol. The molecular formula is C86H60N6. The minimum absolute atomic E-state index is 0.548. The third-order valence-corrected chi connectivity index (χ3v) is 18.4. The fourth-order valence-electron chi connectivity index (χ4n) is 13.8. The van der Waals surface area contributed by atoms with Crippen LogP contribution in [0.15, 0.2) is 291 Å². The van der Waals surface area contributed by atoms with E-state index in [0.717, 1.165) is 116 Å². The van der Waals surface area contributed by atoms with E-state index < -0.39 is 0 Å². The highest BCUT2D eigenvalue weighted by molar-refractivity contribution is 6.14. The van der Waals surface area contributed by atoms with Gasteiger partial charge in [0.2, 0.25) is 0 Å². The van der Waals surface area contributed by atoms with Crippen LogP contribution in [0.1, 0.15) is 22.3 Å². The molecule has 16 aromatic rings. The Morgan fingerprint density at radius 3 is 0.978 bits per heavy atom. The van der Waals surface area contributed by atoms with E-state index in [9.17, 15) is 0 Å². The average Bonchev–Trinajstić information content (AvgIpc) is 1.56. The summed E-state index contributed by atoms with van der Waals surface area (Å²) in [5.41, 5.74) is 27.3.